The van der Waals surface area contributed by atoms with Crippen molar-refractivity contribution in [2.24, 2.45) is 0 Å². The molecule has 0 aliphatic heterocycles. The molecule has 4 heteroatoms. The van der Waals surface area contributed by atoms with Crippen LogP contribution in [0.25, 0.3) is 0 Å². The van der Waals surface area contributed by atoms with Gasteiger partial charge in [0.1, 0.15) is 11.1 Å². The van der Waals surface area contributed by atoms with E-state index in [1.165, 1.54) is 0 Å². The zero-order valence-corrected chi connectivity index (χ0v) is 8.96. The fourth-order valence-electron chi connectivity index (χ4n) is 0.882. The van der Waals surface area contributed by atoms with Crippen molar-refractivity contribution in [2.75, 3.05) is 5.88 Å². The predicted molar refractivity (Wildman–Crippen MR) is 57.1 cm³/mol. The van der Waals surface area contributed by atoms with Crippen molar-refractivity contribution >= 4 is 29.2 Å². The molecule has 0 bridgehead atoms. The standard InChI is InChI=1S/C10H10Cl2O2/c11-7-6-9(12)10(13)14-8-4-2-1-3-5-8/h1-5,9H,6-7H2. The van der Waals surface area contributed by atoms with Crippen molar-refractivity contribution in [3.05, 3.63) is 30.3 Å². The second-order valence-electron chi connectivity index (χ2n) is 2.68. The van der Waals surface area contributed by atoms with Crippen molar-refractivity contribution in [3.63, 3.8) is 0 Å². The smallest absolute Gasteiger partial charge is 0.329 e. The van der Waals surface area contributed by atoms with Crippen molar-refractivity contribution in [3.8, 4) is 5.75 Å². The van der Waals surface area contributed by atoms with E-state index in [2.05, 4.69) is 0 Å². The van der Waals surface area contributed by atoms with Gasteiger partial charge < -0.3 is 4.74 Å². The van der Waals surface area contributed by atoms with E-state index in [1.807, 2.05) is 6.07 Å². The van der Waals surface area contributed by atoms with E-state index in [0.29, 0.717) is 18.1 Å². The summed E-state index contributed by atoms with van der Waals surface area (Å²) in [7, 11) is 0. The molecule has 0 aliphatic carbocycles. The minimum absolute atomic E-state index is 0.345. The molecule has 1 unspecified atom stereocenters. The van der Waals surface area contributed by atoms with Gasteiger partial charge in [-0.2, -0.15) is 0 Å². The third kappa shape index (κ3) is 3.56. The maximum atomic E-state index is 11.3. The molecular weight excluding hydrogens is 223 g/mol. The Kier molecular flexibility index (Phi) is 4.77. The van der Waals surface area contributed by atoms with Crippen LogP contribution in [0.2, 0.25) is 0 Å². The van der Waals surface area contributed by atoms with Crippen LogP contribution in [0.15, 0.2) is 30.3 Å². The van der Waals surface area contributed by atoms with Gasteiger partial charge in [0.15, 0.2) is 0 Å². The van der Waals surface area contributed by atoms with Crippen LogP contribution in [0, 0.1) is 0 Å². The Labute approximate surface area is 92.8 Å². The van der Waals surface area contributed by atoms with Gasteiger partial charge in [-0.05, 0) is 18.6 Å². The molecule has 0 fully saturated rings. The Balaban J connectivity index is 2.49. The quantitative estimate of drug-likeness (QED) is 0.454. The first kappa shape index (κ1) is 11.3. The number of ether oxygens (including phenoxy) is 1. The molecule has 0 radical (unpaired) electrons. The molecule has 0 saturated heterocycles. The van der Waals surface area contributed by atoms with Gasteiger partial charge in [0.25, 0.3) is 0 Å². The maximum Gasteiger partial charge on any atom is 0.329 e. The Morgan fingerprint density at radius 3 is 2.57 bits per heavy atom. The van der Waals surface area contributed by atoms with Gasteiger partial charge in [-0.3, -0.25) is 4.79 Å². The van der Waals surface area contributed by atoms with E-state index >= 15 is 0 Å². The number of hydrogen-bond donors (Lipinski definition) is 0. The topological polar surface area (TPSA) is 26.3 Å². The monoisotopic (exact) mass is 232 g/mol. The van der Waals surface area contributed by atoms with Gasteiger partial charge in [-0.25, -0.2) is 0 Å². The molecular formula is C10H10Cl2O2. The van der Waals surface area contributed by atoms with Crippen molar-refractivity contribution in [1.82, 2.24) is 0 Å². The van der Waals surface area contributed by atoms with E-state index in [9.17, 15) is 4.79 Å². The van der Waals surface area contributed by atoms with Gasteiger partial charge in [-0.15, -0.1) is 23.2 Å². The first-order valence-corrected chi connectivity index (χ1v) is 5.18. The van der Waals surface area contributed by atoms with Gasteiger partial charge in [0.05, 0.1) is 0 Å². The molecule has 14 heavy (non-hydrogen) atoms. The second-order valence-corrected chi connectivity index (χ2v) is 3.58. The molecule has 0 spiro atoms. The third-order valence-electron chi connectivity index (χ3n) is 1.58. The van der Waals surface area contributed by atoms with Crippen LogP contribution < -0.4 is 4.74 Å². The summed E-state index contributed by atoms with van der Waals surface area (Å²) < 4.78 is 5.00. The molecule has 0 heterocycles. The van der Waals surface area contributed by atoms with Crippen LogP contribution in [0.1, 0.15) is 6.42 Å². The minimum Gasteiger partial charge on any atom is -0.425 e. The first-order valence-electron chi connectivity index (χ1n) is 4.21. The van der Waals surface area contributed by atoms with Gasteiger partial charge in [0.2, 0.25) is 0 Å². The Hall–Kier alpha value is -0.730. The molecule has 0 amide bonds. The SMILES string of the molecule is O=C(Oc1ccccc1)C(Cl)CCCl. The highest BCUT2D eigenvalue weighted by Gasteiger charge is 2.16. The molecule has 2 nitrogen and oxygen atoms in total. The Morgan fingerprint density at radius 1 is 1.36 bits per heavy atom. The first-order chi connectivity index (χ1) is 6.74. The van der Waals surface area contributed by atoms with Crippen molar-refractivity contribution in [2.45, 2.75) is 11.8 Å². The van der Waals surface area contributed by atoms with Crippen LogP contribution in [0.5, 0.6) is 5.75 Å². The normalized spacial score (nSPS) is 12.1. The second kappa shape index (κ2) is 5.89. The van der Waals surface area contributed by atoms with Crippen LogP contribution in [0.4, 0.5) is 0 Å². The number of hydrogen-bond acceptors (Lipinski definition) is 2. The summed E-state index contributed by atoms with van der Waals surface area (Å²) in [6, 6.07) is 8.81. The van der Waals surface area contributed by atoms with E-state index in [0.717, 1.165) is 0 Å². The number of halogens is 2. The highest BCUT2D eigenvalue weighted by molar-refractivity contribution is 6.30. The summed E-state index contributed by atoms with van der Waals surface area (Å²) in [6.07, 6.45) is 0.411. The molecule has 0 N–H and O–H groups in total. The average Bonchev–Trinajstić information content (AvgIpc) is 2.19. The lowest BCUT2D eigenvalue weighted by molar-refractivity contribution is -0.134. The summed E-state index contributed by atoms with van der Waals surface area (Å²) in [5.74, 6) is 0.383. The lowest BCUT2D eigenvalue weighted by Gasteiger charge is -2.07. The maximum absolute atomic E-state index is 11.3. The lowest BCUT2D eigenvalue weighted by atomic mass is 10.3. The third-order valence-corrected chi connectivity index (χ3v) is 2.19. The van der Waals surface area contributed by atoms with Gasteiger partial charge >= 0.3 is 5.97 Å². The van der Waals surface area contributed by atoms with Crippen molar-refractivity contribution < 1.29 is 9.53 Å². The highest BCUT2D eigenvalue weighted by atomic mass is 35.5. The molecule has 1 aromatic rings. The number of alkyl halides is 2. The number of carbonyl (C=O) groups is 1. The molecule has 1 rings (SSSR count). The zero-order valence-electron chi connectivity index (χ0n) is 7.45. The van der Waals surface area contributed by atoms with E-state index in [1.54, 1.807) is 24.3 Å². The summed E-state index contributed by atoms with van der Waals surface area (Å²) in [5.41, 5.74) is 0. The number of rotatable bonds is 4. The summed E-state index contributed by atoms with van der Waals surface area (Å²) >= 11 is 11.2. The number of para-hydroxylation sites is 1. The van der Waals surface area contributed by atoms with Crippen LogP contribution in [-0.2, 0) is 4.79 Å². The number of benzene rings is 1. The summed E-state index contributed by atoms with van der Waals surface area (Å²) in [6.45, 7) is 0. The molecule has 0 aliphatic rings. The predicted octanol–water partition coefficient (Wildman–Crippen LogP) is 2.83. The van der Waals surface area contributed by atoms with Crippen LogP contribution in [0.3, 0.4) is 0 Å². The van der Waals surface area contributed by atoms with Crippen molar-refractivity contribution in [1.29, 1.82) is 0 Å². The molecule has 0 saturated carbocycles. The van der Waals surface area contributed by atoms with Crippen LogP contribution >= 0.6 is 23.2 Å². The Morgan fingerprint density at radius 2 is 2.00 bits per heavy atom. The molecule has 0 aromatic heterocycles. The average molecular weight is 233 g/mol. The Bertz CT molecular complexity index is 287. The molecule has 76 valence electrons. The highest BCUT2D eigenvalue weighted by Crippen LogP contribution is 2.12. The lowest BCUT2D eigenvalue weighted by Crippen LogP contribution is -2.21. The van der Waals surface area contributed by atoms with Gasteiger partial charge in [-0.1, -0.05) is 18.2 Å². The summed E-state index contributed by atoms with van der Waals surface area (Å²) in [5, 5.41) is -0.673. The van der Waals surface area contributed by atoms with E-state index in [-0.39, 0.29) is 0 Å². The number of esters is 1. The number of carbonyl (C=O) groups excluding carboxylic acids is 1. The van der Waals surface area contributed by atoms with E-state index in [4.69, 9.17) is 27.9 Å². The molecule has 1 aromatic carbocycles. The largest absolute Gasteiger partial charge is 0.425 e. The van der Waals surface area contributed by atoms with Gasteiger partial charge in [0, 0.05) is 5.88 Å². The zero-order chi connectivity index (χ0) is 10.4. The molecule has 1 atom stereocenters. The van der Waals surface area contributed by atoms with Crippen LogP contribution in [-0.4, -0.2) is 17.2 Å². The summed E-state index contributed by atoms with van der Waals surface area (Å²) in [4.78, 5) is 11.3. The fourth-order valence-corrected chi connectivity index (χ4v) is 1.37. The minimum atomic E-state index is -0.673. The fraction of sp³-hybridized carbons (Fsp3) is 0.300. The van der Waals surface area contributed by atoms with E-state index < -0.39 is 11.3 Å².